The van der Waals surface area contributed by atoms with Crippen molar-refractivity contribution < 1.29 is 14.3 Å². The summed E-state index contributed by atoms with van der Waals surface area (Å²) in [5.74, 6) is 0.876. The van der Waals surface area contributed by atoms with Crippen LogP contribution in [0.5, 0.6) is 5.75 Å². The van der Waals surface area contributed by atoms with Crippen LogP contribution in [0.4, 0.5) is 5.95 Å². The Labute approximate surface area is 139 Å². The normalized spacial score (nSPS) is 10.8. The molecule has 1 heterocycles. The van der Waals surface area contributed by atoms with E-state index in [1.165, 1.54) is 0 Å². The van der Waals surface area contributed by atoms with Crippen LogP contribution in [0.1, 0.15) is 22.8 Å². The van der Waals surface area contributed by atoms with Gasteiger partial charge in [0, 0.05) is 17.7 Å². The molecule has 3 rings (SSSR count). The number of methoxy groups -OCH3 is 1. The fourth-order valence-corrected chi connectivity index (χ4v) is 2.44. The quantitative estimate of drug-likeness (QED) is 0.728. The molecule has 0 bridgehead atoms. The summed E-state index contributed by atoms with van der Waals surface area (Å²) in [6.07, 6.45) is 0. The minimum absolute atomic E-state index is 0.241. The van der Waals surface area contributed by atoms with Crippen LogP contribution >= 0.6 is 0 Å². The monoisotopic (exact) mass is 325 g/mol. The lowest BCUT2D eigenvalue weighted by Gasteiger charge is -2.10. The van der Waals surface area contributed by atoms with Gasteiger partial charge in [-0.1, -0.05) is 12.1 Å². The van der Waals surface area contributed by atoms with Gasteiger partial charge < -0.3 is 14.5 Å². The molecule has 0 aliphatic rings. The average molecular weight is 325 g/mol. The van der Waals surface area contributed by atoms with E-state index in [4.69, 9.17) is 9.47 Å². The molecular formula is C18H19N3O3. The fraction of sp³-hybridized carbons (Fsp3) is 0.222. The predicted molar refractivity (Wildman–Crippen MR) is 92.4 cm³/mol. The number of aromatic nitrogens is 2. The molecule has 3 aromatic rings. The van der Waals surface area contributed by atoms with Crippen LogP contribution < -0.4 is 10.1 Å². The second-order valence-corrected chi connectivity index (χ2v) is 5.22. The first-order valence-electron chi connectivity index (χ1n) is 7.72. The number of hydrogen-bond donors (Lipinski definition) is 2. The van der Waals surface area contributed by atoms with Crippen molar-refractivity contribution >= 4 is 22.9 Å². The average Bonchev–Trinajstić information content (AvgIpc) is 3.01. The number of amides is 1. The van der Waals surface area contributed by atoms with E-state index in [9.17, 15) is 4.79 Å². The number of H-pyrrole nitrogens is 1. The molecule has 0 saturated carbocycles. The second kappa shape index (κ2) is 7.14. The number of rotatable bonds is 6. The highest BCUT2D eigenvalue weighted by Crippen LogP contribution is 2.22. The van der Waals surface area contributed by atoms with Crippen molar-refractivity contribution in [1.82, 2.24) is 9.97 Å². The van der Waals surface area contributed by atoms with Crippen molar-refractivity contribution in [3.63, 3.8) is 0 Å². The van der Waals surface area contributed by atoms with Gasteiger partial charge >= 0.3 is 0 Å². The maximum absolute atomic E-state index is 12.5. The minimum Gasteiger partial charge on any atom is -0.496 e. The SMILES string of the molecule is CCOCc1cc(C(=O)Nc2nc3ccccc3[nH]2)ccc1OC. The van der Waals surface area contributed by atoms with Crippen molar-refractivity contribution in [3.8, 4) is 5.75 Å². The number of hydrogen-bond acceptors (Lipinski definition) is 4. The summed E-state index contributed by atoms with van der Waals surface area (Å²) in [5.41, 5.74) is 3.03. The molecule has 0 atom stereocenters. The zero-order valence-corrected chi connectivity index (χ0v) is 13.6. The van der Waals surface area contributed by atoms with Gasteiger partial charge in [-0.3, -0.25) is 10.1 Å². The fourth-order valence-electron chi connectivity index (χ4n) is 2.44. The summed E-state index contributed by atoms with van der Waals surface area (Å²) in [7, 11) is 1.60. The third-order valence-corrected chi connectivity index (χ3v) is 3.63. The molecule has 2 N–H and O–H groups in total. The van der Waals surface area contributed by atoms with Gasteiger partial charge in [-0.15, -0.1) is 0 Å². The third kappa shape index (κ3) is 3.38. The molecule has 0 aliphatic heterocycles. The molecular weight excluding hydrogens is 306 g/mol. The van der Waals surface area contributed by atoms with E-state index in [0.29, 0.717) is 30.5 Å². The van der Waals surface area contributed by atoms with E-state index in [0.717, 1.165) is 16.6 Å². The van der Waals surface area contributed by atoms with E-state index in [1.54, 1.807) is 25.3 Å². The first-order valence-corrected chi connectivity index (χ1v) is 7.72. The number of carbonyl (C=O) groups excluding carboxylic acids is 1. The highest BCUT2D eigenvalue weighted by molar-refractivity contribution is 6.04. The van der Waals surface area contributed by atoms with Crippen LogP contribution in [0.15, 0.2) is 42.5 Å². The molecule has 0 radical (unpaired) electrons. The Hall–Kier alpha value is -2.86. The Morgan fingerprint density at radius 2 is 2.08 bits per heavy atom. The number of carbonyl (C=O) groups is 1. The molecule has 0 fully saturated rings. The third-order valence-electron chi connectivity index (χ3n) is 3.63. The number of para-hydroxylation sites is 2. The predicted octanol–water partition coefficient (Wildman–Crippen LogP) is 3.36. The molecule has 1 aromatic heterocycles. The standard InChI is InChI=1S/C18H19N3O3/c1-3-24-11-13-10-12(8-9-16(13)23-2)17(22)21-18-19-14-6-4-5-7-15(14)20-18/h4-10H,3,11H2,1-2H3,(H2,19,20,21,22). The second-order valence-electron chi connectivity index (χ2n) is 5.22. The number of anilines is 1. The van der Waals surface area contributed by atoms with Gasteiger partial charge in [0.15, 0.2) is 0 Å². The van der Waals surface area contributed by atoms with Crippen LogP contribution in [0.3, 0.4) is 0 Å². The topological polar surface area (TPSA) is 76.2 Å². The van der Waals surface area contributed by atoms with E-state index in [2.05, 4.69) is 15.3 Å². The number of ether oxygens (including phenoxy) is 2. The van der Waals surface area contributed by atoms with E-state index < -0.39 is 0 Å². The molecule has 0 saturated heterocycles. The smallest absolute Gasteiger partial charge is 0.257 e. The van der Waals surface area contributed by atoms with Gasteiger partial charge in [-0.05, 0) is 37.3 Å². The van der Waals surface area contributed by atoms with Gasteiger partial charge in [0.25, 0.3) is 5.91 Å². The van der Waals surface area contributed by atoms with E-state index in [1.807, 2.05) is 31.2 Å². The van der Waals surface area contributed by atoms with Crippen molar-refractivity contribution in [2.45, 2.75) is 13.5 Å². The van der Waals surface area contributed by atoms with Gasteiger partial charge in [0.2, 0.25) is 5.95 Å². The first-order chi connectivity index (χ1) is 11.7. The lowest BCUT2D eigenvalue weighted by atomic mass is 10.1. The summed E-state index contributed by atoms with van der Waals surface area (Å²) in [6.45, 7) is 2.91. The highest BCUT2D eigenvalue weighted by Gasteiger charge is 2.12. The van der Waals surface area contributed by atoms with Gasteiger partial charge in [0.05, 0.1) is 24.8 Å². The number of fused-ring (bicyclic) bond motifs is 1. The first kappa shape index (κ1) is 16.0. The number of aromatic amines is 1. The van der Waals surface area contributed by atoms with Crippen molar-refractivity contribution in [2.24, 2.45) is 0 Å². The van der Waals surface area contributed by atoms with Crippen molar-refractivity contribution in [1.29, 1.82) is 0 Å². The van der Waals surface area contributed by atoms with E-state index in [-0.39, 0.29) is 5.91 Å². The summed E-state index contributed by atoms with van der Waals surface area (Å²) in [4.78, 5) is 19.9. The maximum atomic E-state index is 12.5. The highest BCUT2D eigenvalue weighted by atomic mass is 16.5. The number of imidazole rings is 1. The molecule has 1 amide bonds. The molecule has 124 valence electrons. The molecule has 0 unspecified atom stereocenters. The maximum Gasteiger partial charge on any atom is 0.257 e. The lowest BCUT2D eigenvalue weighted by Crippen LogP contribution is -2.13. The summed E-state index contributed by atoms with van der Waals surface area (Å²) in [6, 6.07) is 12.9. The van der Waals surface area contributed by atoms with Gasteiger partial charge in [-0.25, -0.2) is 4.98 Å². The van der Waals surface area contributed by atoms with Gasteiger partial charge in [0.1, 0.15) is 5.75 Å². The minimum atomic E-state index is -0.241. The van der Waals surface area contributed by atoms with Crippen LogP contribution in [0, 0.1) is 0 Å². The lowest BCUT2D eigenvalue weighted by molar-refractivity contribution is 0.102. The summed E-state index contributed by atoms with van der Waals surface area (Å²) >= 11 is 0. The number of nitrogens with one attached hydrogen (secondary N) is 2. The number of nitrogens with zero attached hydrogens (tertiary/aromatic N) is 1. The molecule has 24 heavy (non-hydrogen) atoms. The van der Waals surface area contributed by atoms with Crippen molar-refractivity contribution in [2.75, 3.05) is 19.0 Å². The van der Waals surface area contributed by atoms with Crippen molar-refractivity contribution in [3.05, 3.63) is 53.6 Å². The van der Waals surface area contributed by atoms with Crippen LogP contribution in [-0.2, 0) is 11.3 Å². The van der Waals surface area contributed by atoms with Crippen LogP contribution in [-0.4, -0.2) is 29.6 Å². The molecule has 6 heteroatoms. The summed E-state index contributed by atoms with van der Waals surface area (Å²) < 4.78 is 10.7. The van der Waals surface area contributed by atoms with Crippen LogP contribution in [0.25, 0.3) is 11.0 Å². The molecule has 2 aromatic carbocycles. The molecule has 6 nitrogen and oxygen atoms in total. The zero-order chi connectivity index (χ0) is 16.9. The Balaban J connectivity index is 1.81. The largest absolute Gasteiger partial charge is 0.496 e. The number of benzene rings is 2. The Bertz CT molecular complexity index is 825. The van der Waals surface area contributed by atoms with E-state index >= 15 is 0 Å². The Kier molecular flexibility index (Phi) is 4.77. The molecule has 0 spiro atoms. The summed E-state index contributed by atoms with van der Waals surface area (Å²) in [5, 5.41) is 2.78. The zero-order valence-electron chi connectivity index (χ0n) is 13.6. The van der Waals surface area contributed by atoms with Crippen LogP contribution in [0.2, 0.25) is 0 Å². The molecule has 0 aliphatic carbocycles. The Morgan fingerprint density at radius 1 is 1.25 bits per heavy atom. The van der Waals surface area contributed by atoms with Gasteiger partial charge in [-0.2, -0.15) is 0 Å². The Morgan fingerprint density at radius 3 is 2.83 bits per heavy atom.